The van der Waals surface area contributed by atoms with Crippen LogP contribution in [0, 0.1) is 13.8 Å². The van der Waals surface area contributed by atoms with Crippen molar-refractivity contribution < 1.29 is 14.4 Å². The van der Waals surface area contributed by atoms with Crippen molar-refractivity contribution in [2.75, 3.05) is 7.11 Å². The predicted octanol–water partition coefficient (Wildman–Crippen LogP) is 2.58. The van der Waals surface area contributed by atoms with Crippen LogP contribution in [0.1, 0.15) is 28.7 Å². The van der Waals surface area contributed by atoms with Crippen molar-refractivity contribution in [2.45, 2.75) is 33.0 Å². The maximum atomic E-state index is 13.0. The third-order valence-corrected chi connectivity index (χ3v) is 5.13. The van der Waals surface area contributed by atoms with Gasteiger partial charge in [0, 0.05) is 18.9 Å². The van der Waals surface area contributed by atoms with E-state index in [4.69, 9.17) is 9.26 Å². The van der Waals surface area contributed by atoms with E-state index in [1.165, 1.54) is 21.5 Å². The second-order valence-electron chi connectivity index (χ2n) is 7.09. The van der Waals surface area contributed by atoms with Gasteiger partial charge in [-0.3, -0.25) is 9.25 Å². The molecule has 4 aromatic rings. The van der Waals surface area contributed by atoms with Crippen LogP contribution in [-0.4, -0.2) is 36.3 Å². The van der Waals surface area contributed by atoms with Crippen LogP contribution in [-0.2, 0) is 17.8 Å². The molecule has 1 atom stereocenters. The Morgan fingerprint density at radius 1 is 1.20 bits per heavy atom. The van der Waals surface area contributed by atoms with Crippen molar-refractivity contribution in [3.05, 3.63) is 82.0 Å². The molecule has 0 aliphatic carbocycles. The van der Waals surface area contributed by atoms with Gasteiger partial charge in [0.2, 0.25) is 5.88 Å². The lowest BCUT2D eigenvalue weighted by Gasteiger charge is -2.15. The third-order valence-electron chi connectivity index (χ3n) is 5.13. The molecule has 0 fully saturated rings. The first-order chi connectivity index (χ1) is 14.5. The monoisotopic (exact) mass is 409 g/mol. The molecule has 1 unspecified atom stereocenters. The summed E-state index contributed by atoms with van der Waals surface area (Å²) in [6.07, 6.45) is 4.32. The number of aromatic hydroxyl groups is 1. The largest absolute Gasteiger partial charge is 0.493 e. The molecule has 0 bridgehead atoms. The molecule has 0 spiro atoms. The van der Waals surface area contributed by atoms with Crippen molar-refractivity contribution in [1.29, 1.82) is 0 Å². The third kappa shape index (κ3) is 3.67. The van der Waals surface area contributed by atoms with Crippen LogP contribution < -0.4 is 5.69 Å². The molecule has 9 nitrogen and oxygen atoms in total. The highest BCUT2D eigenvalue weighted by Gasteiger charge is 2.19. The van der Waals surface area contributed by atoms with Crippen LogP contribution in [0.5, 0.6) is 5.88 Å². The fourth-order valence-corrected chi connectivity index (χ4v) is 3.46. The van der Waals surface area contributed by atoms with Crippen molar-refractivity contribution in [2.24, 2.45) is 0 Å². The molecule has 3 heterocycles. The first-order valence-electron chi connectivity index (χ1n) is 9.51. The molecule has 156 valence electrons. The number of ether oxygens (including phenoxy) is 1. The zero-order valence-corrected chi connectivity index (χ0v) is 17.0. The number of aromatic nitrogens is 5. The van der Waals surface area contributed by atoms with Crippen molar-refractivity contribution >= 4 is 0 Å². The number of imidazole rings is 1. The molecule has 30 heavy (non-hydrogen) atoms. The molecule has 1 N–H and O–H groups in total. The van der Waals surface area contributed by atoms with E-state index in [2.05, 4.69) is 10.3 Å². The van der Waals surface area contributed by atoms with Gasteiger partial charge < -0.3 is 14.4 Å². The zero-order chi connectivity index (χ0) is 21.3. The van der Waals surface area contributed by atoms with Gasteiger partial charge in [-0.05, 0) is 19.4 Å². The summed E-state index contributed by atoms with van der Waals surface area (Å²) in [5.41, 5.74) is 2.78. The van der Waals surface area contributed by atoms with Crippen LogP contribution in [0.4, 0.5) is 0 Å². The summed E-state index contributed by atoms with van der Waals surface area (Å²) in [7, 11) is 1.60. The summed E-state index contributed by atoms with van der Waals surface area (Å²) in [6, 6.07) is 9.63. The Kier molecular flexibility index (Phi) is 5.28. The van der Waals surface area contributed by atoms with Gasteiger partial charge in [-0.1, -0.05) is 35.5 Å². The SMILES string of the molecule is COC(Cn1cc(O)n(-c2cnn(Cc3c(C)noc3C)c2)c1=O)c1ccccc1. The Labute approximate surface area is 172 Å². The Bertz CT molecular complexity index is 1180. The topological polar surface area (TPSA) is 100 Å². The number of hydrogen-bond acceptors (Lipinski definition) is 6. The van der Waals surface area contributed by atoms with Crippen LogP contribution in [0.15, 0.2) is 58.2 Å². The van der Waals surface area contributed by atoms with Gasteiger partial charge in [-0.15, -0.1) is 0 Å². The Hall–Kier alpha value is -3.59. The minimum Gasteiger partial charge on any atom is -0.493 e. The molecule has 1 aromatic carbocycles. The molecule has 4 rings (SSSR count). The number of benzene rings is 1. The van der Waals surface area contributed by atoms with Gasteiger partial charge in [0.1, 0.15) is 11.9 Å². The molecule has 0 amide bonds. The molecule has 0 saturated heterocycles. The van der Waals surface area contributed by atoms with Gasteiger partial charge >= 0.3 is 5.69 Å². The van der Waals surface area contributed by atoms with Gasteiger partial charge in [-0.25, -0.2) is 9.36 Å². The van der Waals surface area contributed by atoms with E-state index in [-0.39, 0.29) is 24.2 Å². The predicted molar refractivity (Wildman–Crippen MR) is 109 cm³/mol. The maximum Gasteiger partial charge on any atom is 0.335 e. The lowest BCUT2D eigenvalue weighted by molar-refractivity contribution is 0.0869. The summed E-state index contributed by atoms with van der Waals surface area (Å²) in [5.74, 6) is 0.557. The molecule has 0 aliphatic rings. The Balaban J connectivity index is 1.60. The van der Waals surface area contributed by atoms with Crippen molar-refractivity contribution in [1.82, 2.24) is 24.1 Å². The average Bonchev–Trinajstić information content (AvgIpc) is 3.41. The zero-order valence-electron chi connectivity index (χ0n) is 17.0. The number of methoxy groups -OCH3 is 1. The van der Waals surface area contributed by atoms with Gasteiger partial charge in [0.15, 0.2) is 0 Å². The van der Waals surface area contributed by atoms with Crippen molar-refractivity contribution in [3.63, 3.8) is 0 Å². The smallest absolute Gasteiger partial charge is 0.335 e. The van der Waals surface area contributed by atoms with E-state index in [1.54, 1.807) is 18.0 Å². The van der Waals surface area contributed by atoms with Gasteiger partial charge in [-0.2, -0.15) is 5.10 Å². The summed E-state index contributed by atoms with van der Waals surface area (Å²) in [5, 5.41) is 18.7. The quantitative estimate of drug-likeness (QED) is 0.504. The minimum atomic E-state index is -0.373. The fourth-order valence-electron chi connectivity index (χ4n) is 3.46. The number of hydrogen-bond donors (Lipinski definition) is 1. The maximum absolute atomic E-state index is 13.0. The summed E-state index contributed by atoms with van der Waals surface area (Å²) in [4.78, 5) is 13.0. The number of aryl methyl sites for hydroxylation is 2. The standard InChI is InChI=1S/C21H23N5O4/c1-14-18(15(2)30-23-14)11-25-10-17(9-22-25)26-20(27)13-24(21(26)28)12-19(29-3)16-7-5-4-6-8-16/h4-10,13,19,27H,11-12H2,1-3H3. The molecular formula is C21H23N5O4. The average molecular weight is 409 g/mol. The van der Waals surface area contributed by atoms with Crippen LogP contribution in [0.2, 0.25) is 0 Å². The molecule has 0 aliphatic heterocycles. The first kappa shape index (κ1) is 19.7. The van der Waals surface area contributed by atoms with Crippen molar-refractivity contribution in [3.8, 4) is 11.6 Å². The highest BCUT2D eigenvalue weighted by atomic mass is 16.5. The van der Waals surface area contributed by atoms with E-state index in [0.717, 1.165) is 22.6 Å². The first-order valence-corrected chi connectivity index (χ1v) is 9.51. The molecular weight excluding hydrogens is 386 g/mol. The number of nitrogens with zero attached hydrogens (tertiary/aromatic N) is 5. The van der Waals surface area contributed by atoms with Crippen LogP contribution >= 0.6 is 0 Å². The Morgan fingerprint density at radius 3 is 2.63 bits per heavy atom. The molecule has 0 radical (unpaired) electrons. The second-order valence-corrected chi connectivity index (χ2v) is 7.09. The molecule has 3 aromatic heterocycles. The van der Waals surface area contributed by atoms with Crippen LogP contribution in [0.25, 0.3) is 5.69 Å². The van der Waals surface area contributed by atoms with Gasteiger partial charge in [0.05, 0.1) is 36.9 Å². The number of rotatable bonds is 7. The van der Waals surface area contributed by atoms with E-state index in [0.29, 0.717) is 12.2 Å². The summed E-state index contributed by atoms with van der Waals surface area (Å²) < 4.78 is 15.1. The highest BCUT2D eigenvalue weighted by molar-refractivity contribution is 5.32. The van der Waals surface area contributed by atoms with Crippen LogP contribution in [0.3, 0.4) is 0 Å². The fraction of sp³-hybridized carbons (Fsp3) is 0.286. The molecule has 9 heteroatoms. The van der Waals surface area contributed by atoms with E-state index in [9.17, 15) is 9.90 Å². The second kappa shape index (κ2) is 8.03. The molecule has 0 saturated carbocycles. The summed E-state index contributed by atoms with van der Waals surface area (Å²) in [6.45, 7) is 4.44. The Morgan fingerprint density at radius 2 is 1.97 bits per heavy atom. The van der Waals surface area contributed by atoms with E-state index in [1.807, 2.05) is 44.2 Å². The normalized spacial score (nSPS) is 12.4. The minimum absolute atomic E-state index is 0.167. The lowest BCUT2D eigenvalue weighted by Crippen LogP contribution is -2.25. The van der Waals surface area contributed by atoms with E-state index >= 15 is 0 Å². The lowest BCUT2D eigenvalue weighted by atomic mass is 10.1. The van der Waals surface area contributed by atoms with Gasteiger partial charge in [0.25, 0.3) is 0 Å². The van der Waals surface area contributed by atoms with E-state index < -0.39 is 0 Å². The highest BCUT2D eigenvalue weighted by Crippen LogP contribution is 2.21. The summed E-state index contributed by atoms with van der Waals surface area (Å²) >= 11 is 0.